The lowest BCUT2D eigenvalue weighted by Crippen LogP contribution is -2.44. The predicted octanol–water partition coefficient (Wildman–Crippen LogP) is 2.09. The Morgan fingerprint density at radius 3 is 2.83 bits per heavy atom. The minimum Gasteiger partial charge on any atom is -0.337 e. The second-order valence-electron chi connectivity index (χ2n) is 4.52. The van der Waals surface area contributed by atoms with E-state index in [0.29, 0.717) is 0 Å². The van der Waals surface area contributed by atoms with Crippen molar-refractivity contribution in [3.63, 3.8) is 0 Å². The summed E-state index contributed by atoms with van der Waals surface area (Å²) in [6.45, 7) is 3.66. The van der Waals surface area contributed by atoms with Crippen molar-refractivity contribution in [2.45, 2.75) is 25.9 Å². The maximum atomic E-state index is 12.4. The molecule has 2 rings (SSSR count). The van der Waals surface area contributed by atoms with Gasteiger partial charge in [0, 0.05) is 24.7 Å². The van der Waals surface area contributed by atoms with E-state index in [2.05, 4.69) is 24.4 Å². The minimum atomic E-state index is 0.00487. The highest BCUT2D eigenvalue weighted by Crippen LogP contribution is 2.14. The number of nitrogens with zero attached hydrogens (tertiary/aromatic N) is 1. The molecule has 1 fully saturated rings. The molecule has 18 heavy (non-hydrogen) atoms. The molecule has 1 aromatic carbocycles. The Morgan fingerprint density at radius 1 is 1.44 bits per heavy atom. The third kappa shape index (κ3) is 3.50. The molecule has 1 aliphatic heterocycles. The number of nitrogens with one attached hydrogen (secondary N) is 1. The normalized spacial score (nSPS) is 18.8. The third-order valence-corrected chi connectivity index (χ3v) is 3.98. The van der Waals surface area contributed by atoms with E-state index in [0.717, 1.165) is 31.1 Å². The molecule has 3 nitrogen and oxygen atoms in total. The summed E-state index contributed by atoms with van der Waals surface area (Å²) in [5, 5.41) is 3.25. The summed E-state index contributed by atoms with van der Waals surface area (Å²) in [6.07, 6.45) is 0.998. The van der Waals surface area contributed by atoms with Gasteiger partial charge in [-0.25, -0.2) is 0 Å². The van der Waals surface area contributed by atoms with Gasteiger partial charge in [0.1, 0.15) is 0 Å². The van der Waals surface area contributed by atoms with Gasteiger partial charge in [-0.1, -0.05) is 37.3 Å². The lowest BCUT2D eigenvalue weighted by molar-refractivity contribution is -0.133. The van der Waals surface area contributed by atoms with Gasteiger partial charge in [-0.2, -0.15) is 0 Å². The molecule has 0 saturated carbocycles. The van der Waals surface area contributed by atoms with Gasteiger partial charge >= 0.3 is 0 Å². The maximum absolute atomic E-state index is 12.4. The van der Waals surface area contributed by atoms with Crippen molar-refractivity contribution < 1.29 is 4.79 Å². The second kappa shape index (κ2) is 6.81. The first-order valence-electron chi connectivity index (χ1n) is 6.45. The van der Waals surface area contributed by atoms with Gasteiger partial charge in [-0.15, -0.1) is 11.8 Å². The summed E-state index contributed by atoms with van der Waals surface area (Å²) in [6, 6.07) is 10.2. The average molecular weight is 264 g/mol. The fraction of sp³-hybridized carbons (Fsp3) is 0.500. The van der Waals surface area contributed by atoms with Crippen LogP contribution < -0.4 is 5.32 Å². The highest BCUT2D eigenvalue weighted by atomic mass is 32.2. The molecule has 1 aliphatic rings. The molecule has 0 bridgehead atoms. The number of hydrogen-bond donors (Lipinski definition) is 1. The van der Waals surface area contributed by atoms with Gasteiger partial charge in [0.05, 0.1) is 6.04 Å². The van der Waals surface area contributed by atoms with Crippen molar-refractivity contribution in [2.24, 2.45) is 0 Å². The molecule has 1 heterocycles. The van der Waals surface area contributed by atoms with Crippen molar-refractivity contribution >= 4 is 17.7 Å². The van der Waals surface area contributed by atoms with Crippen molar-refractivity contribution in [1.82, 2.24) is 10.2 Å². The fourth-order valence-corrected chi connectivity index (χ4v) is 3.05. The van der Waals surface area contributed by atoms with Crippen LogP contribution in [0.5, 0.6) is 0 Å². The molecule has 0 spiro atoms. The number of rotatable bonds is 5. The Kier molecular flexibility index (Phi) is 5.08. The zero-order valence-corrected chi connectivity index (χ0v) is 11.6. The summed E-state index contributed by atoms with van der Waals surface area (Å²) < 4.78 is 0. The highest BCUT2D eigenvalue weighted by molar-refractivity contribution is 7.99. The Bertz CT molecular complexity index is 377. The number of hydrogen-bond acceptors (Lipinski definition) is 3. The van der Waals surface area contributed by atoms with Crippen LogP contribution in [0.1, 0.15) is 18.9 Å². The standard InChI is InChI=1S/C14H20N2OS/c1-2-8-16(9-12-6-4-3-5-7-12)14(17)13-10-18-11-15-13/h3-7,13,15H,2,8-11H2,1H3. The van der Waals surface area contributed by atoms with E-state index in [4.69, 9.17) is 0 Å². The van der Waals surface area contributed by atoms with Crippen LogP contribution in [0.25, 0.3) is 0 Å². The van der Waals surface area contributed by atoms with Gasteiger partial charge in [0.2, 0.25) is 5.91 Å². The van der Waals surface area contributed by atoms with Gasteiger partial charge in [-0.3, -0.25) is 10.1 Å². The Hall–Kier alpha value is -1.00. The van der Waals surface area contributed by atoms with Crippen LogP contribution in [0, 0.1) is 0 Å². The minimum absolute atomic E-state index is 0.00487. The van der Waals surface area contributed by atoms with E-state index in [-0.39, 0.29) is 11.9 Å². The molecule has 1 aromatic rings. The summed E-state index contributed by atoms with van der Waals surface area (Å²) in [7, 11) is 0. The van der Waals surface area contributed by atoms with E-state index in [1.807, 2.05) is 23.1 Å². The summed E-state index contributed by atoms with van der Waals surface area (Å²) in [4.78, 5) is 14.4. The fourth-order valence-electron chi connectivity index (χ4n) is 2.12. The molecule has 1 N–H and O–H groups in total. The first-order valence-corrected chi connectivity index (χ1v) is 7.60. The molecule has 0 aromatic heterocycles. The van der Waals surface area contributed by atoms with E-state index >= 15 is 0 Å². The zero-order chi connectivity index (χ0) is 12.8. The van der Waals surface area contributed by atoms with Crippen molar-refractivity contribution in [1.29, 1.82) is 0 Å². The Labute approximate surface area is 113 Å². The topological polar surface area (TPSA) is 32.3 Å². The van der Waals surface area contributed by atoms with E-state index in [9.17, 15) is 4.79 Å². The maximum Gasteiger partial charge on any atom is 0.240 e. The largest absolute Gasteiger partial charge is 0.337 e. The molecule has 1 atom stereocenters. The smallest absolute Gasteiger partial charge is 0.240 e. The SMILES string of the molecule is CCCN(Cc1ccccc1)C(=O)C1CSCN1. The number of amides is 1. The lowest BCUT2D eigenvalue weighted by atomic mass is 10.2. The monoisotopic (exact) mass is 264 g/mol. The van der Waals surface area contributed by atoms with Crippen LogP contribution in [0.2, 0.25) is 0 Å². The predicted molar refractivity (Wildman–Crippen MR) is 76.4 cm³/mol. The van der Waals surface area contributed by atoms with Gasteiger partial charge < -0.3 is 4.90 Å². The molecule has 0 radical (unpaired) electrons. The summed E-state index contributed by atoms with van der Waals surface area (Å²) in [5.74, 6) is 2.03. The number of thioether (sulfide) groups is 1. The molecular weight excluding hydrogens is 244 g/mol. The van der Waals surface area contributed by atoms with Crippen LogP contribution in [0.4, 0.5) is 0 Å². The van der Waals surface area contributed by atoms with Crippen LogP contribution in [-0.4, -0.2) is 35.0 Å². The van der Waals surface area contributed by atoms with Crippen LogP contribution in [0.3, 0.4) is 0 Å². The molecular formula is C14H20N2OS. The van der Waals surface area contributed by atoms with Crippen molar-refractivity contribution in [3.8, 4) is 0 Å². The number of carbonyl (C=O) groups excluding carboxylic acids is 1. The van der Waals surface area contributed by atoms with E-state index in [1.54, 1.807) is 11.8 Å². The van der Waals surface area contributed by atoms with Crippen LogP contribution >= 0.6 is 11.8 Å². The second-order valence-corrected chi connectivity index (χ2v) is 5.55. The molecule has 1 saturated heterocycles. The zero-order valence-electron chi connectivity index (χ0n) is 10.8. The van der Waals surface area contributed by atoms with Crippen molar-refractivity contribution in [2.75, 3.05) is 18.2 Å². The molecule has 1 amide bonds. The van der Waals surface area contributed by atoms with Crippen LogP contribution in [-0.2, 0) is 11.3 Å². The lowest BCUT2D eigenvalue weighted by Gasteiger charge is -2.25. The van der Waals surface area contributed by atoms with E-state index < -0.39 is 0 Å². The Morgan fingerprint density at radius 2 is 2.22 bits per heavy atom. The molecule has 98 valence electrons. The van der Waals surface area contributed by atoms with Crippen molar-refractivity contribution in [3.05, 3.63) is 35.9 Å². The molecule has 1 unspecified atom stereocenters. The Balaban J connectivity index is 2.00. The average Bonchev–Trinajstić information content (AvgIpc) is 2.92. The number of carbonyl (C=O) groups is 1. The number of benzene rings is 1. The molecule has 4 heteroatoms. The first-order chi connectivity index (χ1) is 8.81. The van der Waals surface area contributed by atoms with Gasteiger partial charge in [0.25, 0.3) is 0 Å². The molecule has 0 aliphatic carbocycles. The third-order valence-electron chi connectivity index (χ3n) is 3.04. The van der Waals surface area contributed by atoms with E-state index in [1.165, 1.54) is 5.56 Å². The summed E-state index contributed by atoms with van der Waals surface area (Å²) in [5.41, 5.74) is 1.20. The first kappa shape index (κ1) is 13.4. The van der Waals surface area contributed by atoms with Gasteiger partial charge in [0.15, 0.2) is 0 Å². The van der Waals surface area contributed by atoms with Crippen LogP contribution in [0.15, 0.2) is 30.3 Å². The highest BCUT2D eigenvalue weighted by Gasteiger charge is 2.26. The summed E-state index contributed by atoms with van der Waals surface area (Å²) >= 11 is 1.79. The quantitative estimate of drug-likeness (QED) is 0.884. The van der Waals surface area contributed by atoms with Gasteiger partial charge in [-0.05, 0) is 12.0 Å².